The smallest absolute Gasteiger partial charge is 0.308 e. The van der Waals surface area contributed by atoms with Gasteiger partial charge in [-0.05, 0) is 36.1 Å². The molecular weight excluding hydrogens is 180 g/mol. The Hall–Kier alpha value is -1.35. The average molecular weight is 192 g/mol. The highest BCUT2D eigenvalue weighted by molar-refractivity contribution is 5.69. The normalized spacial score (nSPS) is 19.1. The predicted molar refractivity (Wildman–Crippen MR) is 51.0 cm³/mol. The van der Waals surface area contributed by atoms with Gasteiger partial charge in [0.2, 0.25) is 0 Å². The molecule has 0 saturated heterocycles. The summed E-state index contributed by atoms with van der Waals surface area (Å²) in [5.74, 6) is 0.244. The minimum atomic E-state index is -0.351. The van der Waals surface area contributed by atoms with E-state index in [0.29, 0.717) is 5.75 Å². The topological polar surface area (TPSA) is 46.5 Å². The molecule has 1 atom stereocenters. The van der Waals surface area contributed by atoms with Crippen LogP contribution < -0.4 is 4.74 Å². The van der Waals surface area contributed by atoms with Crippen LogP contribution in [0.2, 0.25) is 0 Å². The first-order valence-corrected chi connectivity index (χ1v) is 4.66. The number of fused-ring (bicyclic) bond motifs is 1. The summed E-state index contributed by atoms with van der Waals surface area (Å²) >= 11 is 0. The van der Waals surface area contributed by atoms with Gasteiger partial charge >= 0.3 is 5.97 Å². The van der Waals surface area contributed by atoms with Gasteiger partial charge in [0.05, 0.1) is 6.10 Å². The van der Waals surface area contributed by atoms with Crippen LogP contribution in [0.25, 0.3) is 0 Å². The number of hydrogen-bond donors (Lipinski definition) is 1. The molecule has 3 nitrogen and oxygen atoms in total. The second-order valence-electron chi connectivity index (χ2n) is 3.51. The molecule has 74 valence electrons. The molecular formula is C11H12O3. The molecule has 0 amide bonds. The summed E-state index contributed by atoms with van der Waals surface area (Å²) in [4.78, 5) is 10.7. The van der Waals surface area contributed by atoms with Crippen LogP contribution in [0.15, 0.2) is 18.2 Å². The molecule has 0 spiro atoms. The molecule has 3 heteroatoms. The lowest BCUT2D eigenvalue weighted by Crippen LogP contribution is -2.01. The summed E-state index contributed by atoms with van der Waals surface area (Å²) in [6.07, 6.45) is 1.26. The van der Waals surface area contributed by atoms with E-state index in [1.54, 1.807) is 6.07 Å². The Bertz CT molecular complexity index is 371. The maximum absolute atomic E-state index is 10.7. The van der Waals surface area contributed by atoms with Gasteiger partial charge in [-0.3, -0.25) is 4.79 Å². The van der Waals surface area contributed by atoms with E-state index in [9.17, 15) is 9.90 Å². The number of benzene rings is 1. The molecule has 14 heavy (non-hydrogen) atoms. The van der Waals surface area contributed by atoms with E-state index in [-0.39, 0.29) is 12.1 Å². The first-order chi connectivity index (χ1) is 6.66. The summed E-state index contributed by atoms with van der Waals surface area (Å²) in [6, 6.07) is 5.37. The zero-order valence-corrected chi connectivity index (χ0v) is 7.99. The van der Waals surface area contributed by atoms with Gasteiger partial charge in [0.15, 0.2) is 0 Å². The highest BCUT2D eigenvalue weighted by Crippen LogP contribution is 2.33. The van der Waals surface area contributed by atoms with E-state index >= 15 is 0 Å². The van der Waals surface area contributed by atoms with E-state index in [2.05, 4.69) is 0 Å². The maximum Gasteiger partial charge on any atom is 0.308 e. The molecule has 0 saturated carbocycles. The molecule has 0 bridgehead atoms. The molecule has 1 N–H and O–H groups in total. The second-order valence-corrected chi connectivity index (χ2v) is 3.51. The number of aliphatic hydroxyl groups excluding tert-OH is 1. The lowest BCUT2D eigenvalue weighted by atomic mass is 10.1. The highest BCUT2D eigenvalue weighted by atomic mass is 16.5. The maximum atomic E-state index is 10.7. The van der Waals surface area contributed by atoms with Crippen molar-refractivity contribution in [2.45, 2.75) is 25.9 Å². The molecule has 0 heterocycles. The van der Waals surface area contributed by atoms with Crippen LogP contribution in [0.1, 0.15) is 30.6 Å². The van der Waals surface area contributed by atoms with Crippen LogP contribution in [0.4, 0.5) is 0 Å². The Labute approximate surface area is 82.3 Å². The van der Waals surface area contributed by atoms with E-state index in [1.165, 1.54) is 6.92 Å². The average Bonchev–Trinajstić information content (AvgIpc) is 2.46. The third kappa shape index (κ3) is 1.63. The third-order valence-corrected chi connectivity index (χ3v) is 2.42. The number of carbonyl (C=O) groups excluding carboxylic acids is 1. The van der Waals surface area contributed by atoms with Gasteiger partial charge in [-0.25, -0.2) is 0 Å². The van der Waals surface area contributed by atoms with E-state index in [4.69, 9.17) is 4.74 Å². The molecule has 1 aliphatic carbocycles. The van der Waals surface area contributed by atoms with Crippen LogP contribution in [0, 0.1) is 0 Å². The quantitative estimate of drug-likeness (QED) is 0.543. The molecule has 1 unspecified atom stereocenters. The zero-order valence-electron chi connectivity index (χ0n) is 7.99. The van der Waals surface area contributed by atoms with Crippen molar-refractivity contribution in [1.29, 1.82) is 0 Å². The van der Waals surface area contributed by atoms with Crippen LogP contribution >= 0.6 is 0 Å². The number of hydrogen-bond acceptors (Lipinski definition) is 3. The first kappa shape index (κ1) is 9.21. The van der Waals surface area contributed by atoms with Crippen LogP contribution in [-0.2, 0) is 11.2 Å². The third-order valence-electron chi connectivity index (χ3n) is 2.42. The molecule has 1 aromatic carbocycles. The Kier molecular flexibility index (Phi) is 2.25. The summed E-state index contributed by atoms with van der Waals surface area (Å²) in [6.45, 7) is 1.38. The molecule has 1 aromatic rings. The first-order valence-electron chi connectivity index (χ1n) is 4.66. The Morgan fingerprint density at radius 2 is 2.36 bits per heavy atom. The van der Waals surface area contributed by atoms with Crippen molar-refractivity contribution >= 4 is 5.97 Å². The molecule has 0 fully saturated rings. The van der Waals surface area contributed by atoms with Gasteiger partial charge in [0.1, 0.15) is 5.75 Å². The fraction of sp³-hybridized carbons (Fsp3) is 0.364. The number of carbonyl (C=O) groups is 1. The Morgan fingerprint density at radius 3 is 3.07 bits per heavy atom. The summed E-state index contributed by atoms with van der Waals surface area (Å²) in [5.41, 5.74) is 2.04. The molecule has 0 aliphatic heterocycles. The molecule has 2 rings (SSSR count). The monoisotopic (exact) mass is 192 g/mol. The standard InChI is InChI=1S/C11H12O3/c1-7(12)14-9-3-4-10-8(6-9)2-5-11(10)13/h3-4,6,11,13H,2,5H2,1H3. The van der Waals surface area contributed by atoms with Gasteiger partial charge < -0.3 is 9.84 Å². The minimum Gasteiger partial charge on any atom is -0.427 e. The van der Waals surface area contributed by atoms with Crippen molar-refractivity contribution < 1.29 is 14.6 Å². The van der Waals surface area contributed by atoms with Crippen molar-refractivity contribution in [1.82, 2.24) is 0 Å². The number of aryl methyl sites for hydroxylation is 1. The fourth-order valence-electron chi connectivity index (χ4n) is 1.80. The van der Waals surface area contributed by atoms with Crippen molar-refractivity contribution in [3.8, 4) is 5.75 Å². The Balaban J connectivity index is 2.28. The van der Waals surface area contributed by atoms with Crippen LogP contribution in [0.3, 0.4) is 0 Å². The van der Waals surface area contributed by atoms with Gasteiger partial charge in [-0.15, -0.1) is 0 Å². The number of rotatable bonds is 1. The van der Waals surface area contributed by atoms with Gasteiger partial charge in [-0.1, -0.05) is 6.07 Å². The summed E-state index contributed by atoms with van der Waals surface area (Å²) < 4.78 is 4.95. The van der Waals surface area contributed by atoms with Crippen LogP contribution in [-0.4, -0.2) is 11.1 Å². The second kappa shape index (κ2) is 3.42. The van der Waals surface area contributed by atoms with Crippen molar-refractivity contribution in [2.24, 2.45) is 0 Å². The SMILES string of the molecule is CC(=O)Oc1ccc2c(c1)CCC2O. The van der Waals surface area contributed by atoms with Gasteiger partial charge in [-0.2, -0.15) is 0 Å². The number of ether oxygens (including phenoxy) is 1. The van der Waals surface area contributed by atoms with E-state index in [1.807, 2.05) is 12.1 Å². The lowest BCUT2D eigenvalue weighted by molar-refractivity contribution is -0.131. The molecule has 0 aromatic heterocycles. The lowest BCUT2D eigenvalue weighted by Gasteiger charge is -2.05. The van der Waals surface area contributed by atoms with Gasteiger partial charge in [0, 0.05) is 6.92 Å². The number of esters is 1. The Morgan fingerprint density at radius 1 is 1.57 bits per heavy atom. The minimum absolute atomic E-state index is 0.316. The zero-order chi connectivity index (χ0) is 10.1. The number of aliphatic hydroxyl groups is 1. The van der Waals surface area contributed by atoms with Crippen molar-refractivity contribution in [3.05, 3.63) is 29.3 Å². The predicted octanol–water partition coefficient (Wildman–Crippen LogP) is 1.59. The molecule has 0 radical (unpaired) electrons. The largest absolute Gasteiger partial charge is 0.427 e. The van der Waals surface area contributed by atoms with Crippen LogP contribution in [0.5, 0.6) is 5.75 Å². The fourth-order valence-corrected chi connectivity index (χ4v) is 1.80. The highest BCUT2D eigenvalue weighted by Gasteiger charge is 2.20. The molecule has 1 aliphatic rings. The van der Waals surface area contributed by atoms with Crippen molar-refractivity contribution in [3.63, 3.8) is 0 Å². The van der Waals surface area contributed by atoms with Crippen molar-refractivity contribution in [2.75, 3.05) is 0 Å². The summed E-state index contributed by atoms with van der Waals surface area (Å²) in [5, 5.41) is 9.55. The van der Waals surface area contributed by atoms with E-state index < -0.39 is 0 Å². The van der Waals surface area contributed by atoms with E-state index in [0.717, 1.165) is 24.0 Å². The van der Waals surface area contributed by atoms with Gasteiger partial charge in [0.25, 0.3) is 0 Å². The summed E-state index contributed by atoms with van der Waals surface area (Å²) in [7, 11) is 0.